The van der Waals surface area contributed by atoms with Crippen LogP contribution in [0.25, 0.3) is 0 Å². The summed E-state index contributed by atoms with van der Waals surface area (Å²) >= 11 is 0. The minimum Gasteiger partial charge on any atom is -0.495 e. The van der Waals surface area contributed by atoms with Gasteiger partial charge in [0.25, 0.3) is 5.91 Å². The predicted molar refractivity (Wildman–Crippen MR) is 145 cm³/mol. The highest BCUT2D eigenvalue weighted by Gasteiger charge is 2.34. The fraction of sp³-hybridized carbons (Fsp3) is 0.207. The number of rotatable bonds is 8. The van der Waals surface area contributed by atoms with Crippen LogP contribution in [0.1, 0.15) is 29.7 Å². The van der Waals surface area contributed by atoms with E-state index in [1.54, 1.807) is 31.0 Å². The molecule has 0 saturated heterocycles. The number of hydrogen-bond donors (Lipinski definition) is 2. The van der Waals surface area contributed by atoms with Gasteiger partial charge in [-0.15, -0.1) is 0 Å². The number of aryl methyl sites for hydroxylation is 1. The molecular formula is C29H29N5O4. The van der Waals surface area contributed by atoms with Crippen molar-refractivity contribution in [3.63, 3.8) is 0 Å². The predicted octanol–water partition coefficient (Wildman–Crippen LogP) is 5.11. The summed E-state index contributed by atoms with van der Waals surface area (Å²) in [7, 11) is 3.16. The van der Waals surface area contributed by atoms with Crippen molar-refractivity contribution in [1.29, 1.82) is 0 Å². The summed E-state index contributed by atoms with van der Waals surface area (Å²) in [6, 6.07) is 20.5. The van der Waals surface area contributed by atoms with Gasteiger partial charge in [-0.3, -0.25) is 4.79 Å². The molecule has 2 N–H and O–H groups in total. The second-order valence-electron chi connectivity index (χ2n) is 8.93. The average Bonchev–Trinajstić information content (AvgIpc) is 3.40. The number of fused-ring (bicyclic) bond motifs is 1. The van der Waals surface area contributed by atoms with E-state index in [2.05, 4.69) is 39.8 Å². The summed E-state index contributed by atoms with van der Waals surface area (Å²) < 4.78 is 18.9. The molecule has 9 nitrogen and oxygen atoms in total. The molecule has 1 aliphatic heterocycles. The van der Waals surface area contributed by atoms with Gasteiger partial charge in [-0.05, 0) is 49.2 Å². The van der Waals surface area contributed by atoms with Crippen LogP contribution in [-0.4, -0.2) is 34.9 Å². The maximum atomic E-state index is 13.7. The second-order valence-corrected chi connectivity index (χ2v) is 8.93. The zero-order valence-corrected chi connectivity index (χ0v) is 21.7. The van der Waals surface area contributed by atoms with Crippen molar-refractivity contribution in [2.24, 2.45) is 0 Å². The minimum absolute atomic E-state index is 0.288. The Kier molecular flexibility index (Phi) is 6.99. The number of methoxy groups -OCH3 is 2. The molecule has 4 aromatic rings. The molecule has 1 amide bonds. The van der Waals surface area contributed by atoms with Crippen LogP contribution in [0.5, 0.6) is 17.2 Å². The zero-order chi connectivity index (χ0) is 26.6. The van der Waals surface area contributed by atoms with E-state index in [1.807, 2.05) is 49.4 Å². The number of hydrogen-bond acceptors (Lipinski definition) is 7. The van der Waals surface area contributed by atoms with E-state index >= 15 is 0 Å². The molecule has 0 spiro atoms. The molecule has 1 unspecified atom stereocenters. The number of ether oxygens (including phenoxy) is 3. The topological polar surface area (TPSA) is 99.5 Å². The van der Waals surface area contributed by atoms with Crippen LogP contribution in [0.4, 0.5) is 11.6 Å². The van der Waals surface area contributed by atoms with Crippen LogP contribution in [0.15, 0.2) is 84.3 Å². The van der Waals surface area contributed by atoms with Gasteiger partial charge < -0.3 is 24.8 Å². The van der Waals surface area contributed by atoms with Crippen LogP contribution in [-0.2, 0) is 11.4 Å². The maximum Gasteiger partial charge on any atom is 0.255 e. The molecule has 3 aromatic carbocycles. The van der Waals surface area contributed by atoms with E-state index in [9.17, 15) is 4.79 Å². The maximum absolute atomic E-state index is 13.7. The van der Waals surface area contributed by atoms with Crippen molar-refractivity contribution in [2.45, 2.75) is 26.5 Å². The smallest absolute Gasteiger partial charge is 0.255 e. The summed E-state index contributed by atoms with van der Waals surface area (Å²) in [5.41, 5.74) is 4.77. The first-order chi connectivity index (χ1) is 18.5. The first-order valence-electron chi connectivity index (χ1n) is 12.2. The highest BCUT2D eigenvalue weighted by atomic mass is 16.5. The fourth-order valence-electron chi connectivity index (χ4n) is 4.45. The number of aromatic nitrogens is 3. The summed E-state index contributed by atoms with van der Waals surface area (Å²) in [5.74, 6) is 1.98. The van der Waals surface area contributed by atoms with Gasteiger partial charge in [-0.1, -0.05) is 48.0 Å². The quantitative estimate of drug-likeness (QED) is 0.339. The zero-order valence-electron chi connectivity index (χ0n) is 21.7. The van der Waals surface area contributed by atoms with E-state index in [-0.39, 0.29) is 5.91 Å². The highest BCUT2D eigenvalue weighted by Crippen LogP contribution is 2.39. The first kappa shape index (κ1) is 24.9. The van der Waals surface area contributed by atoms with Gasteiger partial charge in [-0.2, -0.15) is 10.1 Å². The fourth-order valence-corrected chi connectivity index (χ4v) is 4.45. The summed E-state index contributed by atoms with van der Waals surface area (Å²) in [6.07, 6.45) is 1.46. The summed E-state index contributed by atoms with van der Waals surface area (Å²) in [5, 5.41) is 10.6. The molecular weight excluding hydrogens is 482 g/mol. The normalized spacial score (nSPS) is 14.4. The van der Waals surface area contributed by atoms with Gasteiger partial charge in [0.1, 0.15) is 24.7 Å². The number of carbonyl (C=O) groups is 1. The number of amides is 1. The number of carbonyl (C=O) groups excluding carboxylic acids is 1. The SMILES string of the molecule is COc1ccccc1NC(=O)C1=C(C)Nc2ncnn2C1c1ccc(OCc2ccc(C)cc2)c(OC)c1. The van der Waals surface area contributed by atoms with Crippen LogP contribution >= 0.6 is 0 Å². The van der Waals surface area contributed by atoms with Crippen LogP contribution < -0.4 is 24.8 Å². The number of nitrogens with zero attached hydrogens (tertiary/aromatic N) is 3. The molecule has 0 saturated carbocycles. The summed E-state index contributed by atoms with van der Waals surface area (Å²) in [4.78, 5) is 18.0. The van der Waals surface area contributed by atoms with E-state index in [4.69, 9.17) is 14.2 Å². The molecule has 2 heterocycles. The van der Waals surface area contributed by atoms with Gasteiger partial charge in [0, 0.05) is 5.70 Å². The van der Waals surface area contributed by atoms with Crippen molar-refractivity contribution in [3.8, 4) is 17.2 Å². The lowest BCUT2D eigenvalue weighted by atomic mass is 9.94. The lowest BCUT2D eigenvalue weighted by molar-refractivity contribution is -0.113. The molecule has 38 heavy (non-hydrogen) atoms. The van der Waals surface area contributed by atoms with Crippen LogP contribution in [0.2, 0.25) is 0 Å². The van der Waals surface area contributed by atoms with Crippen molar-refractivity contribution < 1.29 is 19.0 Å². The molecule has 0 bridgehead atoms. The average molecular weight is 512 g/mol. The highest BCUT2D eigenvalue weighted by molar-refractivity contribution is 6.06. The van der Waals surface area contributed by atoms with Gasteiger partial charge >= 0.3 is 0 Å². The Labute approximate surface area is 221 Å². The lowest BCUT2D eigenvalue weighted by Crippen LogP contribution is -2.31. The number of nitrogens with one attached hydrogen (secondary N) is 2. The molecule has 9 heteroatoms. The Morgan fingerprint density at radius 1 is 0.974 bits per heavy atom. The number of anilines is 2. The van der Waals surface area contributed by atoms with Gasteiger partial charge in [-0.25, -0.2) is 4.68 Å². The van der Waals surface area contributed by atoms with Crippen LogP contribution in [0.3, 0.4) is 0 Å². The van der Waals surface area contributed by atoms with Gasteiger partial charge in [0.05, 0.1) is 25.5 Å². The molecule has 1 atom stereocenters. The minimum atomic E-state index is -0.552. The summed E-state index contributed by atoms with van der Waals surface area (Å²) in [6.45, 7) is 4.30. The van der Waals surface area contributed by atoms with Gasteiger partial charge in [0.15, 0.2) is 11.5 Å². The van der Waals surface area contributed by atoms with E-state index in [0.717, 1.165) is 11.1 Å². The Morgan fingerprint density at radius 3 is 2.50 bits per heavy atom. The van der Waals surface area contributed by atoms with Gasteiger partial charge in [0.2, 0.25) is 5.95 Å². The molecule has 194 valence electrons. The first-order valence-corrected chi connectivity index (χ1v) is 12.2. The molecule has 1 aliphatic rings. The number of benzene rings is 3. The van der Waals surface area contributed by atoms with Crippen molar-refractivity contribution in [2.75, 3.05) is 24.9 Å². The Morgan fingerprint density at radius 2 is 1.74 bits per heavy atom. The number of allylic oxidation sites excluding steroid dienone is 1. The van der Waals surface area contributed by atoms with Crippen molar-refractivity contribution >= 4 is 17.5 Å². The monoisotopic (exact) mass is 511 g/mol. The molecule has 1 aromatic heterocycles. The Hall–Kier alpha value is -4.79. The third-order valence-corrected chi connectivity index (χ3v) is 6.41. The van der Waals surface area contributed by atoms with Crippen molar-refractivity contribution in [3.05, 3.63) is 101 Å². The Balaban J connectivity index is 1.47. The molecule has 0 fully saturated rings. The lowest BCUT2D eigenvalue weighted by Gasteiger charge is -2.29. The van der Waals surface area contributed by atoms with E-state index in [0.29, 0.717) is 46.8 Å². The third kappa shape index (κ3) is 4.90. The molecule has 0 radical (unpaired) electrons. The second kappa shape index (κ2) is 10.7. The van der Waals surface area contributed by atoms with E-state index in [1.165, 1.54) is 11.9 Å². The largest absolute Gasteiger partial charge is 0.495 e. The Bertz CT molecular complexity index is 1490. The van der Waals surface area contributed by atoms with Crippen molar-refractivity contribution in [1.82, 2.24) is 14.8 Å². The number of para-hydroxylation sites is 2. The third-order valence-electron chi connectivity index (χ3n) is 6.41. The van der Waals surface area contributed by atoms with E-state index < -0.39 is 6.04 Å². The molecule has 0 aliphatic carbocycles. The standard InChI is InChI=1S/C29H29N5O4/c1-18-9-11-20(12-10-18)16-38-24-14-13-21(15-25(24)37-4)27-26(19(2)32-29-30-17-31-34(27)29)28(35)33-22-7-5-6-8-23(22)36-3/h5-15,17,27H,16H2,1-4H3,(H,33,35)(H,30,31,32). The van der Waals surface area contributed by atoms with Crippen LogP contribution in [0, 0.1) is 6.92 Å². The molecule has 5 rings (SSSR count).